The highest BCUT2D eigenvalue weighted by molar-refractivity contribution is 6.09. The maximum absolute atomic E-state index is 12.8. The highest BCUT2D eigenvalue weighted by Crippen LogP contribution is 2.20. The molecule has 0 aromatic heterocycles. The molecule has 0 bridgehead atoms. The van der Waals surface area contributed by atoms with Gasteiger partial charge in [-0.2, -0.15) is 0 Å². The fraction of sp³-hybridized carbons (Fsp3) is 0.391. The molecule has 2 amide bonds. The smallest absolute Gasteiger partial charge is 0.255 e. The van der Waals surface area contributed by atoms with E-state index in [4.69, 9.17) is 9.47 Å². The number of nitrogens with one attached hydrogen (secondary N) is 2. The van der Waals surface area contributed by atoms with E-state index < -0.39 is 0 Å². The summed E-state index contributed by atoms with van der Waals surface area (Å²) < 4.78 is 11.3. The molecule has 6 heteroatoms. The topological polar surface area (TPSA) is 76.7 Å². The van der Waals surface area contributed by atoms with Crippen molar-refractivity contribution in [1.82, 2.24) is 5.32 Å². The lowest BCUT2D eigenvalue weighted by Gasteiger charge is -2.15. The summed E-state index contributed by atoms with van der Waals surface area (Å²) in [7, 11) is 0. The Kier molecular flexibility index (Phi) is 7.25. The van der Waals surface area contributed by atoms with Gasteiger partial charge in [-0.15, -0.1) is 0 Å². The van der Waals surface area contributed by atoms with Crippen LogP contribution in [-0.2, 0) is 4.74 Å². The second kappa shape index (κ2) is 10.1. The lowest BCUT2D eigenvalue weighted by Crippen LogP contribution is -2.32. The number of rotatable bonds is 8. The standard InChI is InChI=1S/C23H28N2O4/c1-3-16(2)24-23(27)20-11-4-5-12-21(20)25-22(26)17-8-6-9-18(14-17)29-15-19-10-7-13-28-19/h4-6,8-9,11-12,14,16,19H,3,7,10,13,15H2,1-2H3,(H,24,27)(H,25,26). The fourth-order valence-corrected chi connectivity index (χ4v) is 3.08. The summed E-state index contributed by atoms with van der Waals surface area (Å²) in [5.74, 6) is 0.121. The van der Waals surface area contributed by atoms with Gasteiger partial charge in [-0.1, -0.05) is 25.1 Å². The first-order chi connectivity index (χ1) is 14.1. The van der Waals surface area contributed by atoms with Crippen LogP contribution in [0.25, 0.3) is 0 Å². The van der Waals surface area contributed by atoms with E-state index in [1.54, 1.807) is 42.5 Å². The van der Waals surface area contributed by atoms with Crippen LogP contribution in [-0.4, -0.2) is 37.2 Å². The zero-order valence-electron chi connectivity index (χ0n) is 16.9. The number of carbonyl (C=O) groups excluding carboxylic acids is 2. The average Bonchev–Trinajstić information content (AvgIpc) is 3.26. The molecule has 1 fully saturated rings. The van der Waals surface area contributed by atoms with Crippen LogP contribution in [0.2, 0.25) is 0 Å². The van der Waals surface area contributed by atoms with Crippen LogP contribution in [0, 0.1) is 0 Å². The maximum Gasteiger partial charge on any atom is 0.255 e. The lowest BCUT2D eigenvalue weighted by molar-refractivity contribution is 0.0679. The fourth-order valence-electron chi connectivity index (χ4n) is 3.08. The van der Waals surface area contributed by atoms with E-state index in [9.17, 15) is 9.59 Å². The van der Waals surface area contributed by atoms with Crippen molar-refractivity contribution < 1.29 is 19.1 Å². The number of hydrogen-bond acceptors (Lipinski definition) is 4. The maximum atomic E-state index is 12.8. The summed E-state index contributed by atoms with van der Waals surface area (Å²) in [6.45, 7) is 5.21. The molecular weight excluding hydrogens is 368 g/mol. The molecule has 2 unspecified atom stereocenters. The highest BCUT2D eigenvalue weighted by atomic mass is 16.5. The summed E-state index contributed by atoms with van der Waals surface area (Å²) in [5.41, 5.74) is 1.38. The number of anilines is 1. The molecule has 0 spiro atoms. The molecule has 1 aliphatic heterocycles. The first-order valence-electron chi connectivity index (χ1n) is 10.1. The van der Waals surface area contributed by atoms with E-state index in [0.29, 0.717) is 29.2 Å². The third kappa shape index (κ3) is 5.81. The van der Waals surface area contributed by atoms with Crippen LogP contribution in [0.1, 0.15) is 53.8 Å². The Bertz CT molecular complexity index is 846. The Hall–Kier alpha value is -2.86. The average molecular weight is 396 g/mol. The van der Waals surface area contributed by atoms with Gasteiger partial charge in [-0.3, -0.25) is 9.59 Å². The minimum atomic E-state index is -0.295. The van der Waals surface area contributed by atoms with Crippen molar-refractivity contribution in [3.8, 4) is 5.75 Å². The third-order valence-corrected chi connectivity index (χ3v) is 4.97. The van der Waals surface area contributed by atoms with E-state index in [1.165, 1.54) is 0 Å². The Morgan fingerprint density at radius 3 is 2.76 bits per heavy atom. The second-order valence-corrected chi connectivity index (χ2v) is 7.26. The molecule has 1 saturated heterocycles. The van der Waals surface area contributed by atoms with Crippen molar-refractivity contribution in [1.29, 1.82) is 0 Å². The molecule has 154 valence electrons. The Morgan fingerprint density at radius 2 is 2.00 bits per heavy atom. The molecule has 2 atom stereocenters. The van der Waals surface area contributed by atoms with Crippen LogP contribution >= 0.6 is 0 Å². The van der Waals surface area contributed by atoms with Gasteiger partial charge in [0, 0.05) is 18.2 Å². The number of para-hydroxylation sites is 1. The van der Waals surface area contributed by atoms with Gasteiger partial charge in [0.1, 0.15) is 12.4 Å². The monoisotopic (exact) mass is 396 g/mol. The molecule has 0 aliphatic carbocycles. The van der Waals surface area contributed by atoms with Crippen molar-refractivity contribution in [2.75, 3.05) is 18.5 Å². The van der Waals surface area contributed by atoms with E-state index in [-0.39, 0.29) is 24.0 Å². The molecule has 1 aliphatic rings. The summed E-state index contributed by atoms with van der Waals surface area (Å²) >= 11 is 0. The van der Waals surface area contributed by atoms with Gasteiger partial charge < -0.3 is 20.1 Å². The van der Waals surface area contributed by atoms with Gasteiger partial charge in [0.2, 0.25) is 0 Å². The van der Waals surface area contributed by atoms with Gasteiger partial charge >= 0.3 is 0 Å². The zero-order valence-corrected chi connectivity index (χ0v) is 16.9. The molecule has 2 aromatic rings. The first-order valence-corrected chi connectivity index (χ1v) is 10.1. The van der Waals surface area contributed by atoms with E-state index in [0.717, 1.165) is 25.9 Å². The van der Waals surface area contributed by atoms with Crippen molar-refractivity contribution >= 4 is 17.5 Å². The van der Waals surface area contributed by atoms with Crippen LogP contribution in [0.3, 0.4) is 0 Å². The minimum absolute atomic E-state index is 0.0592. The van der Waals surface area contributed by atoms with Crippen molar-refractivity contribution in [3.05, 3.63) is 59.7 Å². The van der Waals surface area contributed by atoms with E-state index in [2.05, 4.69) is 10.6 Å². The number of ether oxygens (including phenoxy) is 2. The molecule has 3 rings (SSSR count). The Balaban J connectivity index is 1.67. The quantitative estimate of drug-likeness (QED) is 0.706. The van der Waals surface area contributed by atoms with Gasteiger partial charge in [-0.05, 0) is 56.5 Å². The van der Waals surface area contributed by atoms with Crippen molar-refractivity contribution in [2.24, 2.45) is 0 Å². The number of amides is 2. The van der Waals surface area contributed by atoms with Crippen molar-refractivity contribution in [2.45, 2.75) is 45.3 Å². The van der Waals surface area contributed by atoms with E-state index >= 15 is 0 Å². The van der Waals surface area contributed by atoms with Crippen molar-refractivity contribution in [3.63, 3.8) is 0 Å². The number of hydrogen-bond donors (Lipinski definition) is 2. The van der Waals surface area contributed by atoms with Gasteiger partial charge in [-0.25, -0.2) is 0 Å². The molecule has 1 heterocycles. The predicted molar refractivity (Wildman–Crippen MR) is 113 cm³/mol. The minimum Gasteiger partial charge on any atom is -0.491 e. The highest BCUT2D eigenvalue weighted by Gasteiger charge is 2.17. The summed E-state index contributed by atoms with van der Waals surface area (Å²) in [5, 5.41) is 5.77. The molecular formula is C23H28N2O4. The summed E-state index contributed by atoms with van der Waals surface area (Å²) in [4.78, 5) is 25.3. The zero-order chi connectivity index (χ0) is 20.6. The SMILES string of the molecule is CCC(C)NC(=O)c1ccccc1NC(=O)c1cccc(OCC2CCCO2)c1. The number of benzene rings is 2. The largest absolute Gasteiger partial charge is 0.491 e. The summed E-state index contributed by atoms with van der Waals surface area (Å²) in [6, 6.07) is 14.1. The van der Waals surface area contributed by atoms with Gasteiger partial charge in [0.25, 0.3) is 11.8 Å². The van der Waals surface area contributed by atoms with Crippen LogP contribution < -0.4 is 15.4 Å². The predicted octanol–water partition coefficient (Wildman–Crippen LogP) is 4.03. The van der Waals surface area contributed by atoms with Crippen LogP contribution in [0.15, 0.2) is 48.5 Å². The van der Waals surface area contributed by atoms with E-state index in [1.807, 2.05) is 19.9 Å². The summed E-state index contributed by atoms with van der Waals surface area (Å²) in [6.07, 6.45) is 3.00. The third-order valence-electron chi connectivity index (χ3n) is 4.97. The number of carbonyl (C=O) groups is 2. The molecule has 0 saturated carbocycles. The lowest BCUT2D eigenvalue weighted by atomic mass is 10.1. The Morgan fingerprint density at radius 1 is 1.17 bits per heavy atom. The molecule has 2 N–H and O–H groups in total. The second-order valence-electron chi connectivity index (χ2n) is 7.26. The van der Waals surface area contributed by atoms with Crippen LogP contribution in [0.4, 0.5) is 5.69 Å². The Labute approximate surface area is 171 Å². The first kappa shape index (κ1) is 20.9. The normalized spacial score (nSPS) is 16.8. The van der Waals surface area contributed by atoms with Crippen LogP contribution in [0.5, 0.6) is 5.75 Å². The molecule has 6 nitrogen and oxygen atoms in total. The molecule has 0 radical (unpaired) electrons. The van der Waals surface area contributed by atoms with Gasteiger partial charge in [0.15, 0.2) is 0 Å². The molecule has 2 aromatic carbocycles. The molecule has 29 heavy (non-hydrogen) atoms. The van der Waals surface area contributed by atoms with Gasteiger partial charge in [0.05, 0.1) is 17.4 Å².